The Hall–Kier alpha value is -3.33. The largest absolute Gasteiger partial charge is 0.506 e. The lowest BCUT2D eigenvalue weighted by Crippen LogP contribution is -2.15. The number of hydrogen-bond donors (Lipinski definition) is 2. The molecule has 116 valence electrons. The van der Waals surface area contributed by atoms with Crippen LogP contribution >= 0.6 is 0 Å². The molecule has 0 aliphatic rings. The van der Waals surface area contributed by atoms with E-state index in [1.54, 1.807) is 30.3 Å². The highest BCUT2D eigenvalue weighted by molar-refractivity contribution is 6.11. The Morgan fingerprint density at radius 1 is 1.26 bits per heavy atom. The Bertz CT molecular complexity index is 792. The van der Waals surface area contributed by atoms with Crippen LogP contribution < -0.4 is 10.1 Å². The molecule has 0 heterocycles. The molecule has 0 aliphatic heterocycles. The van der Waals surface area contributed by atoms with Crippen molar-refractivity contribution in [3.05, 3.63) is 65.5 Å². The van der Waals surface area contributed by atoms with Crippen molar-refractivity contribution in [1.29, 1.82) is 5.26 Å². The van der Waals surface area contributed by atoms with Crippen LogP contribution in [0.3, 0.4) is 0 Å². The minimum Gasteiger partial charge on any atom is -0.506 e. The number of halogens is 1. The van der Waals surface area contributed by atoms with E-state index in [2.05, 4.69) is 5.32 Å². The molecule has 0 aromatic heterocycles. The van der Waals surface area contributed by atoms with Crippen molar-refractivity contribution in [2.75, 3.05) is 12.4 Å². The van der Waals surface area contributed by atoms with Gasteiger partial charge in [-0.2, -0.15) is 5.26 Å². The second-order valence-corrected chi connectivity index (χ2v) is 4.53. The van der Waals surface area contributed by atoms with Gasteiger partial charge >= 0.3 is 0 Å². The van der Waals surface area contributed by atoms with E-state index in [0.717, 1.165) is 12.1 Å². The van der Waals surface area contributed by atoms with Crippen LogP contribution in [0.25, 0.3) is 5.76 Å². The fraction of sp³-hybridized carbons (Fsp3) is 0.0588. The summed E-state index contributed by atoms with van der Waals surface area (Å²) in [6, 6.07) is 13.0. The highest BCUT2D eigenvalue weighted by Crippen LogP contribution is 2.20. The second kappa shape index (κ2) is 7.09. The Balaban J connectivity index is 2.29. The minimum atomic E-state index is -0.775. The maximum Gasteiger partial charge on any atom is 0.270 e. The molecule has 2 rings (SSSR count). The quantitative estimate of drug-likeness (QED) is 0.516. The summed E-state index contributed by atoms with van der Waals surface area (Å²) >= 11 is 0. The maximum absolute atomic E-state index is 12.9. The van der Waals surface area contributed by atoms with E-state index in [-0.39, 0.29) is 5.56 Å². The van der Waals surface area contributed by atoms with Crippen molar-refractivity contribution in [1.82, 2.24) is 0 Å². The molecule has 1 amide bonds. The number of benzene rings is 2. The molecule has 0 fully saturated rings. The molecule has 5 nitrogen and oxygen atoms in total. The molecule has 0 saturated carbocycles. The summed E-state index contributed by atoms with van der Waals surface area (Å²) in [5, 5.41) is 21.7. The number of aliphatic hydroxyl groups excluding tert-OH is 1. The molecule has 0 bridgehead atoms. The standard InChI is InChI=1S/C17H13FN2O3/c1-23-14-4-2-3-13(9-14)20-17(22)15(10-19)16(21)11-5-7-12(18)8-6-11/h2-9,21H,1H3,(H,20,22)/b16-15-. The molecule has 0 atom stereocenters. The van der Waals surface area contributed by atoms with Gasteiger partial charge in [0, 0.05) is 17.3 Å². The number of hydrogen-bond acceptors (Lipinski definition) is 4. The average molecular weight is 312 g/mol. The predicted molar refractivity (Wildman–Crippen MR) is 83.2 cm³/mol. The average Bonchev–Trinajstić information content (AvgIpc) is 2.56. The molecule has 2 aromatic carbocycles. The van der Waals surface area contributed by atoms with Crippen LogP contribution in [0.15, 0.2) is 54.1 Å². The van der Waals surface area contributed by atoms with Gasteiger partial charge in [0.25, 0.3) is 5.91 Å². The maximum atomic E-state index is 12.9. The molecule has 0 aliphatic carbocycles. The molecule has 0 unspecified atom stereocenters. The van der Waals surface area contributed by atoms with Crippen LogP contribution in [-0.4, -0.2) is 18.1 Å². The summed E-state index contributed by atoms with van der Waals surface area (Å²) < 4.78 is 17.9. The van der Waals surface area contributed by atoms with Crippen LogP contribution in [0.5, 0.6) is 5.75 Å². The zero-order valence-electron chi connectivity index (χ0n) is 12.2. The third-order valence-electron chi connectivity index (χ3n) is 3.02. The van der Waals surface area contributed by atoms with E-state index in [1.165, 1.54) is 19.2 Å². The molecule has 0 spiro atoms. The number of nitriles is 1. The number of anilines is 1. The molecule has 0 saturated heterocycles. The zero-order valence-corrected chi connectivity index (χ0v) is 12.2. The number of methoxy groups -OCH3 is 1. The van der Waals surface area contributed by atoms with Crippen LogP contribution in [0.2, 0.25) is 0 Å². The first kappa shape index (κ1) is 16.0. The van der Waals surface area contributed by atoms with Gasteiger partial charge in [0.15, 0.2) is 5.57 Å². The summed E-state index contributed by atoms with van der Waals surface area (Å²) in [6.07, 6.45) is 0. The molecule has 0 radical (unpaired) electrons. The van der Waals surface area contributed by atoms with Gasteiger partial charge in [0.1, 0.15) is 23.4 Å². The summed E-state index contributed by atoms with van der Waals surface area (Å²) in [4.78, 5) is 12.2. The number of nitrogens with zero attached hydrogens (tertiary/aromatic N) is 1. The minimum absolute atomic E-state index is 0.170. The number of rotatable bonds is 4. The Morgan fingerprint density at radius 2 is 1.96 bits per heavy atom. The Morgan fingerprint density at radius 3 is 2.57 bits per heavy atom. The molecule has 2 aromatic rings. The van der Waals surface area contributed by atoms with Gasteiger partial charge in [-0.05, 0) is 36.4 Å². The van der Waals surface area contributed by atoms with Crippen LogP contribution in [0.1, 0.15) is 5.56 Å². The first-order valence-electron chi connectivity index (χ1n) is 6.60. The monoisotopic (exact) mass is 312 g/mol. The van der Waals surface area contributed by atoms with E-state index in [4.69, 9.17) is 10.00 Å². The van der Waals surface area contributed by atoms with Crippen molar-refractivity contribution in [2.45, 2.75) is 0 Å². The van der Waals surface area contributed by atoms with Crippen LogP contribution in [0.4, 0.5) is 10.1 Å². The van der Waals surface area contributed by atoms with Crippen molar-refractivity contribution in [3.8, 4) is 11.8 Å². The van der Waals surface area contributed by atoms with Gasteiger partial charge in [-0.25, -0.2) is 4.39 Å². The Labute approximate surface area is 132 Å². The third kappa shape index (κ3) is 3.86. The van der Waals surface area contributed by atoms with Crippen molar-refractivity contribution in [3.63, 3.8) is 0 Å². The van der Waals surface area contributed by atoms with Gasteiger partial charge in [-0.1, -0.05) is 6.07 Å². The van der Waals surface area contributed by atoms with Gasteiger partial charge < -0.3 is 15.2 Å². The van der Waals surface area contributed by atoms with Crippen molar-refractivity contribution < 1.29 is 19.0 Å². The predicted octanol–water partition coefficient (Wildman–Crippen LogP) is 3.27. The SMILES string of the molecule is COc1cccc(NC(=O)/C(C#N)=C(\O)c2ccc(F)cc2)c1. The van der Waals surface area contributed by atoms with Gasteiger partial charge in [-0.3, -0.25) is 4.79 Å². The number of amides is 1. The van der Waals surface area contributed by atoms with E-state index in [0.29, 0.717) is 11.4 Å². The molecule has 23 heavy (non-hydrogen) atoms. The highest BCUT2D eigenvalue weighted by Gasteiger charge is 2.17. The van der Waals surface area contributed by atoms with Crippen LogP contribution in [-0.2, 0) is 4.79 Å². The van der Waals surface area contributed by atoms with E-state index in [9.17, 15) is 14.3 Å². The number of aliphatic hydroxyl groups is 1. The third-order valence-corrected chi connectivity index (χ3v) is 3.02. The van der Waals surface area contributed by atoms with Gasteiger partial charge in [0.2, 0.25) is 0 Å². The first-order valence-corrected chi connectivity index (χ1v) is 6.60. The van der Waals surface area contributed by atoms with Gasteiger partial charge in [-0.15, -0.1) is 0 Å². The molecular weight excluding hydrogens is 299 g/mol. The topological polar surface area (TPSA) is 82.3 Å². The number of nitrogens with one attached hydrogen (secondary N) is 1. The van der Waals surface area contributed by atoms with Crippen LogP contribution in [0, 0.1) is 17.1 Å². The summed E-state index contributed by atoms with van der Waals surface area (Å²) in [7, 11) is 1.49. The normalized spacial score (nSPS) is 11.2. The lowest BCUT2D eigenvalue weighted by Gasteiger charge is -2.08. The fourth-order valence-corrected chi connectivity index (χ4v) is 1.86. The van der Waals surface area contributed by atoms with Crippen molar-refractivity contribution in [2.24, 2.45) is 0 Å². The summed E-state index contributed by atoms with van der Waals surface area (Å²) in [6.45, 7) is 0. The number of carbonyl (C=O) groups is 1. The van der Waals surface area contributed by atoms with E-state index < -0.39 is 23.1 Å². The summed E-state index contributed by atoms with van der Waals surface area (Å²) in [5.41, 5.74) is 0.108. The number of ether oxygens (including phenoxy) is 1. The second-order valence-electron chi connectivity index (χ2n) is 4.53. The highest BCUT2D eigenvalue weighted by atomic mass is 19.1. The molecule has 2 N–H and O–H groups in total. The Kier molecular flexibility index (Phi) is 4.95. The first-order chi connectivity index (χ1) is 11.0. The zero-order chi connectivity index (χ0) is 16.8. The lowest BCUT2D eigenvalue weighted by molar-refractivity contribution is -0.112. The lowest BCUT2D eigenvalue weighted by atomic mass is 10.1. The molecule has 6 heteroatoms. The fourth-order valence-electron chi connectivity index (χ4n) is 1.86. The van der Waals surface area contributed by atoms with Gasteiger partial charge in [0.05, 0.1) is 7.11 Å². The molecular formula is C17H13FN2O3. The van der Waals surface area contributed by atoms with E-state index in [1.807, 2.05) is 0 Å². The number of carbonyl (C=O) groups excluding carboxylic acids is 1. The van der Waals surface area contributed by atoms with Crippen molar-refractivity contribution >= 4 is 17.4 Å². The smallest absolute Gasteiger partial charge is 0.270 e. The van der Waals surface area contributed by atoms with E-state index >= 15 is 0 Å². The summed E-state index contributed by atoms with van der Waals surface area (Å²) in [5.74, 6) is -1.25.